The molecular formula is C14H22N2O3S. The highest BCUT2D eigenvalue weighted by atomic mass is 32.2. The Balaban J connectivity index is 2.04. The molecule has 2 rings (SSSR count). The van der Waals surface area contributed by atoms with Crippen LogP contribution >= 0.6 is 0 Å². The maximum atomic E-state index is 12.4. The maximum absolute atomic E-state index is 12.4. The largest absolute Gasteiger partial charge is 0.492 e. The number of hydrogen-bond acceptors (Lipinski definition) is 4. The molecule has 0 spiro atoms. The number of nitrogens with two attached hydrogens (primary N) is 1. The molecule has 0 unspecified atom stereocenters. The molecule has 2 N–H and O–H groups in total. The molecule has 5 nitrogen and oxygen atoms in total. The average Bonchev–Trinajstić information content (AvgIpc) is 2.40. The Labute approximate surface area is 120 Å². The Kier molecular flexibility index (Phi) is 5.01. The summed E-state index contributed by atoms with van der Waals surface area (Å²) in [6, 6.07) is 6.50. The van der Waals surface area contributed by atoms with Crippen LogP contribution < -0.4 is 10.5 Å². The quantitative estimate of drug-likeness (QED) is 0.827. The highest BCUT2D eigenvalue weighted by molar-refractivity contribution is 7.89. The van der Waals surface area contributed by atoms with Gasteiger partial charge in [-0.05, 0) is 43.0 Å². The highest BCUT2D eigenvalue weighted by Gasteiger charge is 2.26. The van der Waals surface area contributed by atoms with Crippen LogP contribution in [0.3, 0.4) is 0 Å². The van der Waals surface area contributed by atoms with Crippen LogP contribution in [0, 0.1) is 5.92 Å². The van der Waals surface area contributed by atoms with Gasteiger partial charge in [0.2, 0.25) is 10.0 Å². The van der Waals surface area contributed by atoms with Gasteiger partial charge in [-0.25, -0.2) is 12.7 Å². The fraction of sp³-hybridized carbons (Fsp3) is 0.571. The molecule has 1 aromatic rings. The molecule has 0 amide bonds. The van der Waals surface area contributed by atoms with Gasteiger partial charge in [0, 0.05) is 20.1 Å². The second-order valence-corrected chi connectivity index (χ2v) is 7.24. The molecule has 20 heavy (non-hydrogen) atoms. The summed E-state index contributed by atoms with van der Waals surface area (Å²) >= 11 is 0. The van der Waals surface area contributed by atoms with Gasteiger partial charge < -0.3 is 10.5 Å². The van der Waals surface area contributed by atoms with Crippen LogP contribution in [0.1, 0.15) is 19.3 Å². The van der Waals surface area contributed by atoms with Crippen LogP contribution in [0.5, 0.6) is 5.75 Å². The van der Waals surface area contributed by atoms with E-state index in [2.05, 4.69) is 0 Å². The van der Waals surface area contributed by atoms with E-state index in [4.69, 9.17) is 10.5 Å². The Morgan fingerprint density at radius 1 is 1.30 bits per heavy atom. The minimum atomic E-state index is -3.39. The summed E-state index contributed by atoms with van der Waals surface area (Å²) in [4.78, 5) is 0.305. The molecule has 0 atom stereocenters. The van der Waals surface area contributed by atoms with Gasteiger partial charge >= 0.3 is 0 Å². The summed E-state index contributed by atoms with van der Waals surface area (Å²) in [5.41, 5.74) is 5.35. The lowest BCUT2D eigenvalue weighted by Crippen LogP contribution is -2.34. The average molecular weight is 298 g/mol. The summed E-state index contributed by atoms with van der Waals surface area (Å²) < 4.78 is 31.6. The summed E-state index contributed by atoms with van der Waals surface area (Å²) in [5.74, 6) is 1.15. The zero-order chi connectivity index (χ0) is 14.6. The van der Waals surface area contributed by atoms with E-state index in [-0.39, 0.29) is 0 Å². The van der Waals surface area contributed by atoms with Crippen molar-refractivity contribution in [3.63, 3.8) is 0 Å². The van der Waals surface area contributed by atoms with Crippen molar-refractivity contribution in [2.75, 3.05) is 26.7 Å². The van der Waals surface area contributed by atoms with Crippen molar-refractivity contribution in [3.8, 4) is 5.75 Å². The monoisotopic (exact) mass is 298 g/mol. The van der Waals surface area contributed by atoms with Crippen molar-refractivity contribution >= 4 is 10.0 Å². The predicted octanol–water partition coefficient (Wildman–Crippen LogP) is 1.44. The molecule has 0 aromatic heterocycles. The van der Waals surface area contributed by atoms with E-state index in [1.807, 2.05) is 0 Å². The van der Waals surface area contributed by atoms with E-state index in [9.17, 15) is 8.42 Å². The number of benzene rings is 1. The fourth-order valence-corrected chi connectivity index (χ4v) is 3.45. The van der Waals surface area contributed by atoms with E-state index < -0.39 is 10.0 Å². The van der Waals surface area contributed by atoms with Crippen LogP contribution in [-0.2, 0) is 10.0 Å². The van der Waals surface area contributed by atoms with Crippen molar-refractivity contribution in [2.24, 2.45) is 11.7 Å². The Bertz CT molecular complexity index is 524. The predicted molar refractivity (Wildman–Crippen MR) is 78.1 cm³/mol. The third-order valence-electron chi connectivity index (χ3n) is 3.66. The first-order chi connectivity index (χ1) is 9.54. The van der Waals surface area contributed by atoms with E-state index in [0.717, 1.165) is 12.8 Å². The highest BCUT2D eigenvalue weighted by Crippen LogP contribution is 2.28. The first-order valence-corrected chi connectivity index (χ1v) is 8.37. The molecule has 1 fully saturated rings. The number of hydrogen-bond donors (Lipinski definition) is 1. The summed E-state index contributed by atoms with van der Waals surface area (Å²) in [5, 5.41) is 0. The van der Waals surface area contributed by atoms with Gasteiger partial charge in [0.05, 0.1) is 4.90 Å². The SMILES string of the molecule is CN(CC1CCC1)S(=O)(=O)c1ccc(OCCN)cc1. The number of rotatable bonds is 7. The smallest absolute Gasteiger partial charge is 0.242 e. The molecule has 1 aromatic carbocycles. The number of nitrogens with zero attached hydrogens (tertiary/aromatic N) is 1. The number of sulfonamides is 1. The van der Waals surface area contributed by atoms with Crippen molar-refractivity contribution in [1.29, 1.82) is 0 Å². The molecule has 0 bridgehead atoms. The Morgan fingerprint density at radius 2 is 1.95 bits per heavy atom. The van der Waals surface area contributed by atoms with Gasteiger partial charge in [-0.2, -0.15) is 0 Å². The van der Waals surface area contributed by atoms with Crippen LogP contribution in [0.25, 0.3) is 0 Å². The van der Waals surface area contributed by atoms with Crippen molar-refractivity contribution in [2.45, 2.75) is 24.2 Å². The molecule has 0 heterocycles. The van der Waals surface area contributed by atoms with Crippen molar-refractivity contribution in [1.82, 2.24) is 4.31 Å². The van der Waals surface area contributed by atoms with E-state index in [0.29, 0.717) is 36.3 Å². The van der Waals surface area contributed by atoms with Gasteiger partial charge in [-0.15, -0.1) is 0 Å². The third-order valence-corrected chi connectivity index (χ3v) is 5.50. The minimum absolute atomic E-state index is 0.305. The summed E-state index contributed by atoms with van der Waals surface area (Å²) in [7, 11) is -1.75. The first-order valence-electron chi connectivity index (χ1n) is 6.93. The normalized spacial score (nSPS) is 16.1. The van der Waals surface area contributed by atoms with Gasteiger partial charge in [0.25, 0.3) is 0 Å². The molecule has 112 valence electrons. The van der Waals surface area contributed by atoms with Crippen LogP contribution in [-0.4, -0.2) is 39.5 Å². The number of ether oxygens (including phenoxy) is 1. The molecule has 0 aliphatic heterocycles. The molecule has 1 aliphatic rings. The molecule has 1 saturated carbocycles. The summed E-state index contributed by atoms with van der Waals surface area (Å²) in [6.07, 6.45) is 3.48. The van der Waals surface area contributed by atoms with Gasteiger partial charge in [0.1, 0.15) is 12.4 Å². The Morgan fingerprint density at radius 3 is 2.45 bits per heavy atom. The van der Waals surface area contributed by atoms with Gasteiger partial charge in [-0.1, -0.05) is 6.42 Å². The van der Waals surface area contributed by atoms with Crippen molar-refractivity contribution < 1.29 is 13.2 Å². The van der Waals surface area contributed by atoms with Gasteiger partial charge in [-0.3, -0.25) is 0 Å². The lowest BCUT2D eigenvalue weighted by molar-refractivity contribution is 0.263. The third kappa shape index (κ3) is 3.50. The maximum Gasteiger partial charge on any atom is 0.242 e. The molecule has 6 heteroatoms. The molecular weight excluding hydrogens is 276 g/mol. The van der Waals surface area contributed by atoms with E-state index >= 15 is 0 Å². The molecule has 0 radical (unpaired) electrons. The lowest BCUT2D eigenvalue weighted by Gasteiger charge is -2.29. The van der Waals surface area contributed by atoms with Crippen LogP contribution in [0.4, 0.5) is 0 Å². The fourth-order valence-electron chi connectivity index (χ4n) is 2.20. The second kappa shape index (κ2) is 6.56. The van der Waals surface area contributed by atoms with E-state index in [1.54, 1.807) is 31.3 Å². The standard InChI is InChI=1S/C14H22N2O3S/c1-16(11-12-3-2-4-12)20(17,18)14-7-5-13(6-8-14)19-10-9-15/h5-8,12H,2-4,9-11,15H2,1H3. The topological polar surface area (TPSA) is 72.6 Å². The Hall–Kier alpha value is -1.11. The molecule has 1 aliphatic carbocycles. The second-order valence-electron chi connectivity index (χ2n) is 5.19. The zero-order valence-electron chi connectivity index (χ0n) is 11.8. The minimum Gasteiger partial charge on any atom is -0.492 e. The van der Waals surface area contributed by atoms with Gasteiger partial charge in [0.15, 0.2) is 0 Å². The summed E-state index contributed by atoms with van der Waals surface area (Å²) in [6.45, 7) is 1.46. The lowest BCUT2D eigenvalue weighted by atomic mass is 9.86. The molecule has 0 saturated heterocycles. The first kappa shape index (κ1) is 15.3. The van der Waals surface area contributed by atoms with Crippen molar-refractivity contribution in [3.05, 3.63) is 24.3 Å². The van der Waals surface area contributed by atoms with E-state index in [1.165, 1.54) is 10.7 Å². The van der Waals surface area contributed by atoms with Crippen LogP contribution in [0.15, 0.2) is 29.2 Å². The zero-order valence-corrected chi connectivity index (χ0v) is 12.6. The van der Waals surface area contributed by atoms with Crippen LogP contribution in [0.2, 0.25) is 0 Å².